The summed E-state index contributed by atoms with van der Waals surface area (Å²) in [5, 5.41) is 0. The highest BCUT2D eigenvalue weighted by Crippen LogP contribution is 2.16. The van der Waals surface area contributed by atoms with Crippen LogP contribution in [0.2, 0.25) is 0 Å². The van der Waals surface area contributed by atoms with Crippen molar-refractivity contribution in [2.75, 3.05) is 0 Å². The lowest BCUT2D eigenvalue weighted by atomic mass is 10.1. The molecule has 0 radical (unpaired) electrons. The van der Waals surface area contributed by atoms with E-state index in [9.17, 15) is 0 Å². The third-order valence-corrected chi connectivity index (χ3v) is 3.74. The summed E-state index contributed by atoms with van der Waals surface area (Å²) in [6.07, 6.45) is 9.68. The van der Waals surface area contributed by atoms with Crippen LogP contribution in [0.4, 0.5) is 0 Å². The molecule has 2 aromatic rings. The van der Waals surface area contributed by atoms with Gasteiger partial charge in [0.2, 0.25) is 0 Å². The predicted molar refractivity (Wildman–Crippen MR) is 84.2 cm³/mol. The van der Waals surface area contributed by atoms with Crippen LogP contribution < -0.4 is 4.57 Å². The topological polar surface area (TPSA) is 8.81 Å². The van der Waals surface area contributed by atoms with Crippen LogP contribution in [-0.4, -0.2) is 4.57 Å². The molecule has 1 heterocycles. The van der Waals surface area contributed by atoms with Gasteiger partial charge in [-0.25, -0.2) is 4.57 Å². The number of rotatable bonds is 7. The Kier molecular flexibility index (Phi) is 5.40. The Hall–Kier alpha value is -1.57. The molecule has 1 aromatic heterocycles. The third kappa shape index (κ3) is 3.50. The Morgan fingerprint density at radius 2 is 1.80 bits per heavy atom. The van der Waals surface area contributed by atoms with E-state index in [4.69, 9.17) is 0 Å². The summed E-state index contributed by atoms with van der Waals surface area (Å²) in [6.45, 7) is 7.94. The molecule has 0 N–H and O–H groups in total. The predicted octanol–water partition coefficient (Wildman–Crippen LogP) is 4.47. The molecule has 0 fully saturated rings. The molecule has 0 aliphatic heterocycles. The molecule has 0 aliphatic carbocycles. The lowest BCUT2D eigenvalue weighted by Gasteiger charge is -2.07. The SMILES string of the molecule is CCCCCC[n+]1ccn(-c2ccccc2)c1C(C)C. The van der Waals surface area contributed by atoms with Gasteiger partial charge in [-0.2, -0.15) is 4.57 Å². The zero-order valence-corrected chi connectivity index (χ0v) is 13.0. The van der Waals surface area contributed by atoms with Crippen molar-refractivity contribution in [1.82, 2.24) is 4.57 Å². The van der Waals surface area contributed by atoms with Crippen molar-refractivity contribution in [2.45, 2.75) is 58.9 Å². The average molecular weight is 271 g/mol. The first-order valence-corrected chi connectivity index (χ1v) is 7.90. The van der Waals surface area contributed by atoms with Gasteiger partial charge in [0, 0.05) is 0 Å². The van der Waals surface area contributed by atoms with Crippen molar-refractivity contribution in [1.29, 1.82) is 0 Å². The highest BCUT2D eigenvalue weighted by molar-refractivity contribution is 5.32. The number of benzene rings is 1. The highest BCUT2D eigenvalue weighted by atomic mass is 15.2. The van der Waals surface area contributed by atoms with E-state index in [2.05, 4.69) is 72.6 Å². The number of nitrogens with zero attached hydrogens (tertiary/aromatic N) is 2. The van der Waals surface area contributed by atoms with E-state index >= 15 is 0 Å². The number of aryl methyl sites for hydroxylation is 1. The molecule has 0 bridgehead atoms. The fourth-order valence-corrected chi connectivity index (χ4v) is 2.75. The van der Waals surface area contributed by atoms with Gasteiger partial charge in [-0.3, -0.25) is 0 Å². The van der Waals surface area contributed by atoms with Gasteiger partial charge in [0.15, 0.2) is 0 Å². The summed E-state index contributed by atoms with van der Waals surface area (Å²) in [6, 6.07) is 10.6. The van der Waals surface area contributed by atoms with Gasteiger partial charge >= 0.3 is 0 Å². The lowest BCUT2D eigenvalue weighted by molar-refractivity contribution is -0.705. The molecule has 0 atom stereocenters. The molecule has 108 valence electrons. The van der Waals surface area contributed by atoms with Gasteiger partial charge in [0.1, 0.15) is 18.1 Å². The molecule has 0 aliphatic rings. The molecule has 0 unspecified atom stereocenters. The molecule has 2 heteroatoms. The van der Waals surface area contributed by atoms with Gasteiger partial charge < -0.3 is 0 Å². The Balaban J connectivity index is 2.20. The maximum atomic E-state index is 2.42. The first-order valence-electron chi connectivity index (χ1n) is 7.90. The molecule has 0 amide bonds. The Morgan fingerprint density at radius 1 is 1.05 bits per heavy atom. The standard InChI is InChI=1S/C18H27N2/c1-4-5-6-10-13-19-14-15-20(18(19)16(2)3)17-11-8-7-9-12-17/h7-9,11-12,14-16H,4-6,10,13H2,1-3H3/q+1. The quantitative estimate of drug-likeness (QED) is 0.519. The van der Waals surface area contributed by atoms with Gasteiger partial charge in [-0.1, -0.05) is 51.8 Å². The van der Waals surface area contributed by atoms with E-state index in [1.54, 1.807) is 0 Å². The number of hydrogen-bond donors (Lipinski definition) is 0. The number of para-hydroxylation sites is 1. The Bertz CT molecular complexity index is 511. The van der Waals surface area contributed by atoms with Crippen LogP contribution in [0.15, 0.2) is 42.7 Å². The maximum absolute atomic E-state index is 2.42. The molecule has 2 rings (SSSR count). The minimum atomic E-state index is 0.524. The molecular formula is C18H27N2+. The van der Waals surface area contributed by atoms with E-state index in [0.717, 1.165) is 6.54 Å². The first kappa shape index (κ1) is 14.8. The number of hydrogen-bond acceptors (Lipinski definition) is 0. The molecule has 20 heavy (non-hydrogen) atoms. The Labute approximate surface area is 123 Å². The van der Waals surface area contributed by atoms with E-state index < -0.39 is 0 Å². The van der Waals surface area contributed by atoms with Gasteiger partial charge in [-0.05, 0) is 25.0 Å². The summed E-state index contributed by atoms with van der Waals surface area (Å²) in [5.74, 6) is 1.92. The van der Waals surface area contributed by atoms with Crippen LogP contribution in [0.5, 0.6) is 0 Å². The lowest BCUT2D eigenvalue weighted by Crippen LogP contribution is -2.37. The van der Waals surface area contributed by atoms with Crippen molar-refractivity contribution < 1.29 is 4.57 Å². The minimum Gasteiger partial charge on any atom is -0.234 e. The molecule has 0 saturated heterocycles. The molecule has 0 saturated carbocycles. The van der Waals surface area contributed by atoms with Crippen molar-refractivity contribution >= 4 is 0 Å². The van der Waals surface area contributed by atoms with Gasteiger partial charge in [0.25, 0.3) is 5.82 Å². The fraction of sp³-hybridized carbons (Fsp3) is 0.500. The van der Waals surface area contributed by atoms with E-state index in [1.807, 2.05) is 0 Å². The molecule has 2 nitrogen and oxygen atoms in total. The van der Waals surface area contributed by atoms with Crippen LogP contribution in [0, 0.1) is 0 Å². The molecule has 1 aromatic carbocycles. The van der Waals surface area contributed by atoms with Crippen LogP contribution in [0.3, 0.4) is 0 Å². The van der Waals surface area contributed by atoms with Crippen LogP contribution in [0.1, 0.15) is 58.2 Å². The smallest absolute Gasteiger partial charge is 0.234 e. The van der Waals surface area contributed by atoms with Crippen LogP contribution >= 0.6 is 0 Å². The third-order valence-electron chi connectivity index (χ3n) is 3.74. The monoisotopic (exact) mass is 271 g/mol. The number of aromatic nitrogens is 2. The van der Waals surface area contributed by atoms with Crippen molar-refractivity contribution in [2.24, 2.45) is 0 Å². The van der Waals surface area contributed by atoms with Gasteiger partial charge in [-0.15, -0.1) is 0 Å². The number of unbranched alkanes of at least 4 members (excludes halogenated alkanes) is 3. The second kappa shape index (κ2) is 7.28. The summed E-state index contributed by atoms with van der Waals surface area (Å²) >= 11 is 0. The average Bonchev–Trinajstić information content (AvgIpc) is 2.88. The second-order valence-corrected chi connectivity index (χ2v) is 5.77. The fourth-order valence-electron chi connectivity index (χ4n) is 2.75. The van der Waals surface area contributed by atoms with Crippen molar-refractivity contribution in [3.8, 4) is 5.69 Å². The summed E-state index contributed by atoms with van der Waals surface area (Å²) < 4.78 is 4.75. The van der Waals surface area contributed by atoms with Crippen molar-refractivity contribution in [3.05, 3.63) is 48.5 Å². The second-order valence-electron chi connectivity index (χ2n) is 5.77. The summed E-state index contributed by atoms with van der Waals surface area (Å²) in [7, 11) is 0. The number of imidazole rings is 1. The highest BCUT2D eigenvalue weighted by Gasteiger charge is 2.21. The van der Waals surface area contributed by atoms with E-state index in [0.29, 0.717) is 5.92 Å². The molecular weight excluding hydrogens is 244 g/mol. The first-order chi connectivity index (χ1) is 9.74. The Morgan fingerprint density at radius 3 is 2.45 bits per heavy atom. The summed E-state index contributed by atoms with van der Waals surface area (Å²) in [5.41, 5.74) is 1.25. The van der Waals surface area contributed by atoms with Crippen LogP contribution in [0.25, 0.3) is 5.69 Å². The maximum Gasteiger partial charge on any atom is 0.264 e. The zero-order valence-electron chi connectivity index (χ0n) is 13.0. The zero-order chi connectivity index (χ0) is 14.4. The normalized spacial score (nSPS) is 11.2. The summed E-state index contributed by atoms with van der Waals surface area (Å²) in [4.78, 5) is 0. The minimum absolute atomic E-state index is 0.524. The van der Waals surface area contributed by atoms with E-state index in [1.165, 1.54) is 37.2 Å². The van der Waals surface area contributed by atoms with Crippen LogP contribution in [-0.2, 0) is 6.54 Å². The largest absolute Gasteiger partial charge is 0.264 e. The molecule has 0 spiro atoms. The van der Waals surface area contributed by atoms with Gasteiger partial charge in [0.05, 0.1) is 12.5 Å². The van der Waals surface area contributed by atoms with E-state index in [-0.39, 0.29) is 0 Å². The van der Waals surface area contributed by atoms with Crippen molar-refractivity contribution in [3.63, 3.8) is 0 Å².